The molecule has 0 spiro atoms. The maximum atomic E-state index is 12.4. The molecule has 1 unspecified atom stereocenters. The molecule has 0 aromatic heterocycles. The van der Waals surface area contributed by atoms with Crippen LogP contribution in [0.25, 0.3) is 0 Å². The van der Waals surface area contributed by atoms with Crippen molar-refractivity contribution in [1.82, 2.24) is 4.31 Å². The lowest BCUT2D eigenvalue weighted by atomic mass is 10.3. The van der Waals surface area contributed by atoms with E-state index in [1.807, 2.05) is 0 Å². The van der Waals surface area contributed by atoms with Crippen LogP contribution < -0.4 is 4.74 Å². The molecule has 10 heteroatoms. The Morgan fingerprint density at radius 2 is 1.96 bits per heavy atom. The molecule has 0 saturated carbocycles. The van der Waals surface area contributed by atoms with Gasteiger partial charge in [0.1, 0.15) is 0 Å². The molecule has 128 valence electrons. The van der Waals surface area contributed by atoms with Gasteiger partial charge in [0, 0.05) is 19.2 Å². The molecule has 1 rings (SSSR count). The lowest BCUT2D eigenvalue weighted by molar-refractivity contribution is -0.386. The molecule has 0 fully saturated rings. The van der Waals surface area contributed by atoms with E-state index in [1.165, 1.54) is 6.92 Å². The van der Waals surface area contributed by atoms with Crippen LogP contribution >= 0.6 is 0 Å². The zero-order valence-corrected chi connectivity index (χ0v) is 13.7. The number of carboxylic acid groups (broad SMARTS) is 1. The average molecular weight is 346 g/mol. The van der Waals surface area contributed by atoms with Crippen molar-refractivity contribution < 1.29 is 28.0 Å². The van der Waals surface area contributed by atoms with Crippen LogP contribution in [0.4, 0.5) is 5.69 Å². The fourth-order valence-electron chi connectivity index (χ4n) is 1.85. The van der Waals surface area contributed by atoms with Crippen molar-refractivity contribution in [1.29, 1.82) is 0 Å². The molecule has 0 aliphatic carbocycles. The summed E-state index contributed by atoms with van der Waals surface area (Å²) in [6.07, 6.45) is -1.31. The maximum absolute atomic E-state index is 12.4. The number of nitrogens with zero attached hydrogens (tertiary/aromatic N) is 2. The number of hydrogen-bond donors (Lipinski definition) is 1. The van der Waals surface area contributed by atoms with Gasteiger partial charge in [0.15, 0.2) is 11.9 Å². The van der Waals surface area contributed by atoms with Crippen molar-refractivity contribution in [3.8, 4) is 5.75 Å². The van der Waals surface area contributed by atoms with Gasteiger partial charge in [-0.2, -0.15) is 4.31 Å². The number of benzene rings is 1. The zero-order chi connectivity index (χ0) is 17.8. The maximum Gasteiger partial charge on any atom is 0.344 e. The minimum Gasteiger partial charge on any atom is -0.479 e. The third-order valence-electron chi connectivity index (χ3n) is 3.12. The number of carboxylic acids is 1. The van der Waals surface area contributed by atoms with E-state index < -0.39 is 32.7 Å². The molecule has 1 aromatic rings. The Morgan fingerprint density at radius 3 is 2.39 bits per heavy atom. The first-order chi connectivity index (χ1) is 10.6. The molecule has 9 nitrogen and oxygen atoms in total. The molecule has 1 N–H and O–H groups in total. The summed E-state index contributed by atoms with van der Waals surface area (Å²) in [5.74, 6) is -1.59. The molecular formula is C13H18N2O7S. The van der Waals surface area contributed by atoms with Gasteiger partial charge in [-0.15, -0.1) is 0 Å². The quantitative estimate of drug-likeness (QED) is 0.558. The monoisotopic (exact) mass is 346 g/mol. The summed E-state index contributed by atoms with van der Waals surface area (Å²) < 4.78 is 30.9. The summed E-state index contributed by atoms with van der Waals surface area (Å²) in [6.45, 7) is 4.97. The number of nitro groups is 1. The summed E-state index contributed by atoms with van der Waals surface area (Å²) in [4.78, 5) is 20.9. The van der Waals surface area contributed by atoms with Crippen molar-refractivity contribution in [2.75, 3.05) is 13.1 Å². The lowest BCUT2D eigenvalue weighted by Crippen LogP contribution is -2.30. The van der Waals surface area contributed by atoms with Crippen LogP contribution in [0.1, 0.15) is 20.8 Å². The highest BCUT2D eigenvalue weighted by molar-refractivity contribution is 7.89. The summed E-state index contributed by atoms with van der Waals surface area (Å²) in [6, 6.07) is 3.12. The predicted octanol–water partition coefficient (Wildman–Crippen LogP) is 1.48. The molecule has 23 heavy (non-hydrogen) atoms. The van der Waals surface area contributed by atoms with Crippen molar-refractivity contribution in [3.05, 3.63) is 28.3 Å². The molecule has 0 aliphatic rings. The highest BCUT2D eigenvalue weighted by atomic mass is 32.2. The topological polar surface area (TPSA) is 127 Å². The summed E-state index contributed by atoms with van der Waals surface area (Å²) >= 11 is 0. The number of nitro benzene ring substituents is 1. The molecule has 0 amide bonds. The summed E-state index contributed by atoms with van der Waals surface area (Å²) in [5.41, 5.74) is -0.605. The molecular weight excluding hydrogens is 328 g/mol. The molecule has 1 aromatic carbocycles. The van der Waals surface area contributed by atoms with Gasteiger partial charge in [-0.3, -0.25) is 10.1 Å². The smallest absolute Gasteiger partial charge is 0.344 e. The molecule has 0 aliphatic heterocycles. The second-order valence-electron chi connectivity index (χ2n) is 4.57. The highest BCUT2D eigenvalue weighted by Gasteiger charge is 2.27. The third kappa shape index (κ3) is 4.17. The van der Waals surface area contributed by atoms with Gasteiger partial charge < -0.3 is 9.84 Å². The standard InChI is InChI=1S/C13H18N2O7S/c1-4-14(5-2)23(20,21)10-6-7-12(11(8-10)15(18)19)22-9(3)13(16)17/h6-9H,4-5H2,1-3H3,(H,16,17). The van der Waals surface area contributed by atoms with Gasteiger partial charge in [0.05, 0.1) is 9.82 Å². The summed E-state index contributed by atoms with van der Waals surface area (Å²) in [5, 5.41) is 19.9. The zero-order valence-electron chi connectivity index (χ0n) is 12.9. The van der Waals surface area contributed by atoms with Crippen LogP contribution in [0.5, 0.6) is 5.75 Å². The van der Waals surface area contributed by atoms with Crippen molar-refractivity contribution in [3.63, 3.8) is 0 Å². The highest BCUT2D eigenvalue weighted by Crippen LogP contribution is 2.31. The lowest BCUT2D eigenvalue weighted by Gasteiger charge is -2.18. The molecule has 0 radical (unpaired) electrons. The van der Waals surface area contributed by atoms with Gasteiger partial charge in [-0.05, 0) is 19.1 Å². The van der Waals surface area contributed by atoms with Gasteiger partial charge >= 0.3 is 11.7 Å². The van der Waals surface area contributed by atoms with E-state index >= 15 is 0 Å². The SMILES string of the molecule is CCN(CC)S(=O)(=O)c1ccc(OC(C)C(=O)O)c([N+](=O)[O-])c1. The van der Waals surface area contributed by atoms with Crippen LogP contribution in [0, 0.1) is 10.1 Å². The van der Waals surface area contributed by atoms with E-state index in [2.05, 4.69) is 0 Å². The van der Waals surface area contributed by atoms with Crippen LogP contribution in [0.3, 0.4) is 0 Å². The van der Waals surface area contributed by atoms with Crippen LogP contribution in [0.15, 0.2) is 23.1 Å². The summed E-state index contributed by atoms with van der Waals surface area (Å²) in [7, 11) is -3.86. The Morgan fingerprint density at radius 1 is 1.39 bits per heavy atom. The van der Waals surface area contributed by atoms with E-state index in [4.69, 9.17) is 9.84 Å². The molecule has 1 atom stereocenters. The van der Waals surface area contributed by atoms with Crippen molar-refractivity contribution in [2.45, 2.75) is 31.8 Å². The van der Waals surface area contributed by atoms with E-state index in [0.717, 1.165) is 22.5 Å². The number of sulfonamides is 1. The fraction of sp³-hybridized carbons (Fsp3) is 0.462. The predicted molar refractivity (Wildman–Crippen MR) is 80.9 cm³/mol. The minimum absolute atomic E-state index is 0.223. The first kappa shape index (κ1) is 18.8. The minimum atomic E-state index is -3.86. The Kier molecular flexibility index (Phi) is 6.05. The second kappa shape index (κ2) is 7.38. The van der Waals surface area contributed by atoms with E-state index in [1.54, 1.807) is 13.8 Å². The van der Waals surface area contributed by atoms with E-state index in [-0.39, 0.29) is 23.7 Å². The first-order valence-corrected chi connectivity index (χ1v) is 8.27. The first-order valence-electron chi connectivity index (χ1n) is 6.83. The van der Waals surface area contributed by atoms with E-state index in [0.29, 0.717) is 0 Å². The molecule has 0 bridgehead atoms. The number of hydrogen-bond acceptors (Lipinski definition) is 6. The number of aliphatic carboxylic acids is 1. The number of rotatable bonds is 8. The van der Waals surface area contributed by atoms with Crippen molar-refractivity contribution >= 4 is 21.7 Å². The number of carbonyl (C=O) groups is 1. The Labute approximate surface area is 133 Å². The van der Waals surface area contributed by atoms with Crippen LogP contribution in [-0.2, 0) is 14.8 Å². The van der Waals surface area contributed by atoms with Gasteiger partial charge in [0.2, 0.25) is 10.0 Å². The molecule has 0 saturated heterocycles. The van der Waals surface area contributed by atoms with Crippen LogP contribution in [0.2, 0.25) is 0 Å². The Bertz CT molecular complexity index is 698. The second-order valence-corrected chi connectivity index (χ2v) is 6.51. The van der Waals surface area contributed by atoms with Gasteiger partial charge in [-0.1, -0.05) is 13.8 Å². The largest absolute Gasteiger partial charge is 0.479 e. The van der Waals surface area contributed by atoms with Gasteiger partial charge in [0.25, 0.3) is 0 Å². The van der Waals surface area contributed by atoms with Crippen molar-refractivity contribution in [2.24, 2.45) is 0 Å². The Balaban J connectivity index is 3.34. The Hall–Kier alpha value is -2.20. The van der Waals surface area contributed by atoms with Crippen LogP contribution in [-0.4, -0.2) is 47.9 Å². The fourth-order valence-corrected chi connectivity index (χ4v) is 3.33. The molecule has 0 heterocycles. The van der Waals surface area contributed by atoms with E-state index in [9.17, 15) is 23.3 Å². The average Bonchev–Trinajstić information content (AvgIpc) is 2.47. The van der Waals surface area contributed by atoms with Gasteiger partial charge in [-0.25, -0.2) is 13.2 Å². The normalized spacial score (nSPS) is 12.9. The number of ether oxygens (including phenoxy) is 1. The third-order valence-corrected chi connectivity index (χ3v) is 5.17.